The number of hydrogen-bond donors (Lipinski definition) is 1. The number of methoxy groups -OCH3 is 2. The third kappa shape index (κ3) is 4.61. The number of aromatic nitrogens is 1. The molecule has 1 saturated carbocycles. The van der Waals surface area contributed by atoms with Crippen LogP contribution in [0, 0.1) is 13.8 Å². The van der Waals surface area contributed by atoms with E-state index in [9.17, 15) is 4.79 Å². The summed E-state index contributed by atoms with van der Waals surface area (Å²) in [5.74, 6) is 0.375. The van der Waals surface area contributed by atoms with E-state index in [0.29, 0.717) is 23.5 Å². The highest BCUT2D eigenvalue weighted by Gasteiger charge is 2.33. The average molecular weight is 376 g/mol. The van der Waals surface area contributed by atoms with Crippen molar-refractivity contribution in [3.05, 3.63) is 22.9 Å². The number of nitrogens with zero attached hydrogens (tertiary/aromatic N) is 2. The molecule has 0 spiro atoms. The molecule has 6 nitrogen and oxygen atoms in total. The van der Waals surface area contributed by atoms with Crippen molar-refractivity contribution in [1.29, 1.82) is 0 Å². The Morgan fingerprint density at radius 2 is 1.93 bits per heavy atom. The summed E-state index contributed by atoms with van der Waals surface area (Å²) in [5.41, 5.74) is 2.47. The molecule has 0 amide bonds. The first-order valence-electron chi connectivity index (χ1n) is 10.1. The summed E-state index contributed by atoms with van der Waals surface area (Å²) in [5, 5.41) is 3.84. The van der Waals surface area contributed by atoms with Gasteiger partial charge in [0.2, 0.25) is 0 Å². The van der Waals surface area contributed by atoms with Gasteiger partial charge in [0, 0.05) is 38.0 Å². The second-order valence-corrected chi connectivity index (χ2v) is 7.87. The lowest BCUT2D eigenvalue weighted by Crippen LogP contribution is -2.56. The number of carbonyl (C=O) groups excluding carboxylic acids is 1. The van der Waals surface area contributed by atoms with Crippen molar-refractivity contribution < 1.29 is 14.3 Å². The van der Waals surface area contributed by atoms with Crippen LogP contribution < -0.4 is 10.2 Å². The minimum absolute atomic E-state index is 0.0783. The third-order valence-corrected chi connectivity index (χ3v) is 6.07. The Morgan fingerprint density at radius 3 is 2.59 bits per heavy atom. The summed E-state index contributed by atoms with van der Waals surface area (Å²) >= 11 is 0. The van der Waals surface area contributed by atoms with Gasteiger partial charge in [-0.25, -0.2) is 9.78 Å². The van der Waals surface area contributed by atoms with Crippen molar-refractivity contribution >= 4 is 11.8 Å². The Kier molecular flexibility index (Phi) is 6.71. The molecule has 0 aromatic carbocycles. The lowest BCUT2D eigenvalue weighted by molar-refractivity contribution is 0.0527. The van der Waals surface area contributed by atoms with Crippen LogP contribution in [0.5, 0.6) is 0 Å². The largest absolute Gasteiger partial charge is 0.465 e. The molecule has 2 atom stereocenters. The zero-order valence-electron chi connectivity index (χ0n) is 17.1. The Morgan fingerprint density at radius 1 is 1.19 bits per heavy atom. The number of pyridine rings is 1. The first-order valence-corrected chi connectivity index (χ1v) is 10.1. The smallest absolute Gasteiger partial charge is 0.341 e. The van der Waals surface area contributed by atoms with Crippen LogP contribution in [-0.4, -0.2) is 56.5 Å². The minimum Gasteiger partial charge on any atom is -0.465 e. The quantitative estimate of drug-likeness (QED) is 0.798. The van der Waals surface area contributed by atoms with Crippen LogP contribution in [0.25, 0.3) is 0 Å². The zero-order chi connectivity index (χ0) is 19.4. The lowest BCUT2D eigenvalue weighted by atomic mass is 9.92. The number of esters is 1. The molecule has 2 fully saturated rings. The molecule has 0 bridgehead atoms. The van der Waals surface area contributed by atoms with Gasteiger partial charge in [-0.3, -0.25) is 0 Å². The van der Waals surface area contributed by atoms with Gasteiger partial charge in [-0.15, -0.1) is 0 Å². The van der Waals surface area contributed by atoms with E-state index in [4.69, 9.17) is 14.5 Å². The molecule has 3 rings (SSSR count). The highest BCUT2D eigenvalue weighted by molar-refractivity contribution is 5.95. The van der Waals surface area contributed by atoms with Gasteiger partial charge in [-0.2, -0.15) is 0 Å². The van der Waals surface area contributed by atoms with Crippen LogP contribution in [0.1, 0.15) is 60.1 Å². The molecule has 1 aromatic rings. The van der Waals surface area contributed by atoms with Crippen molar-refractivity contribution in [3.63, 3.8) is 0 Å². The summed E-state index contributed by atoms with van der Waals surface area (Å²) < 4.78 is 10.8. The topological polar surface area (TPSA) is 63.7 Å². The minimum atomic E-state index is -0.336. The first kappa shape index (κ1) is 20.1. The summed E-state index contributed by atoms with van der Waals surface area (Å²) in [4.78, 5) is 19.2. The van der Waals surface area contributed by atoms with E-state index in [1.165, 1.54) is 39.2 Å². The van der Waals surface area contributed by atoms with Crippen LogP contribution in [0.4, 0.5) is 5.82 Å². The van der Waals surface area contributed by atoms with E-state index < -0.39 is 0 Å². The van der Waals surface area contributed by atoms with Crippen LogP contribution >= 0.6 is 0 Å². The fourth-order valence-electron chi connectivity index (χ4n) is 4.30. The molecule has 2 aliphatic rings. The number of anilines is 1. The van der Waals surface area contributed by atoms with Crippen molar-refractivity contribution in [3.8, 4) is 0 Å². The second-order valence-electron chi connectivity index (χ2n) is 7.87. The third-order valence-electron chi connectivity index (χ3n) is 6.07. The number of aryl methyl sites for hydroxylation is 2. The van der Waals surface area contributed by atoms with Crippen LogP contribution in [0.3, 0.4) is 0 Å². The normalized spacial score (nSPS) is 24.1. The van der Waals surface area contributed by atoms with Gasteiger partial charge >= 0.3 is 5.97 Å². The van der Waals surface area contributed by atoms with E-state index in [1.807, 2.05) is 19.9 Å². The van der Waals surface area contributed by atoms with E-state index in [-0.39, 0.29) is 12.1 Å². The van der Waals surface area contributed by atoms with Crippen LogP contribution in [-0.2, 0) is 9.47 Å². The number of ether oxygens (including phenoxy) is 2. The number of carbonyl (C=O) groups is 1. The molecule has 0 radical (unpaired) electrons. The molecule has 27 heavy (non-hydrogen) atoms. The van der Waals surface area contributed by atoms with Gasteiger partial charge in [-0.05, 0) is 44.7 Å². The van der Waals surface area contributed by atoms with Crippen molar-refractivity contribution in [2.75, 3.05) is 32.2 Å². The standard InChI is InChI=1S/C21H33N3O3/c1-14-12-17(21(25)27-4)20(22-15(14)2)24-11-10-18(19(13-24)26-3)23-16-8-6-5-7-9-16/h12,16,18-19,23H,5-11,13H2,1-4H3. The molecular weight excluding hydrogens is 342 g/mol. The van der Waals surface area contributed by atoms with Gasteiger partial charge in [0.1, 0.15) is 11.4 Å². The highest BCUT2D eigenvalue weighted by atomic mass is 16.5. The fraction of sp³-hybridized carbons (Fsp3) is 0.714. The van der Waals surface area contributed by atoms with Crippen molar-refractivity contribution in [1.82, 2.24) is 10.3 Å². The Hall–Kier alpha value is -1.66. The van der Waals surface area contributed by atoms with E-state index in [2.05, 4.69) is 10.2 Å². The Labute approximate surface area is 162 Å². The maximum Gasteiger partial charge on any atom is 0.341 e. The molecule has 1 saturated heterocycles. The van der Waals surface area contributed by atoms with Gasteiger partial charge in [-0.1, -0.05) is 19.3 Å². The van der Waals surface area contributed by atoms with Crippen molar-refractivity contribution in [2.45, 2.75) is 70.6 Å². The molecule has 2 unspecified atom stereocenters. The van der Waals surface area contributed by atoms with Crippen LogP contribution in [0.15, 0.2) is 6.07 Å². The maximum atomic E-state index is 12.3. The van der Waals surface area contributed by atoms with Gasteiger partial charge in [0.25, 0.3) is 0 Å². The molecule has 2 heterocycles. The molecule has 150 valence electrons. The molecular formula is C21H33N3O3. The van der Waals surface area contributed by atoms with Crippen molar-refractivity contribution in [2.24, 2.45) is 0 Å². The monoisotopic (exact) mass is 375 g/mol. The lowest BCUT2D eigenvalue weighted by Gasteiger charge is -2.41. The number of piperidine rings is 1. The first-order chi connectivity index (χ1) is 13.0. The van der Waals surface area contributed by atoms with Crippen LogP contribution in [0.2, 0.25) is 0 Å². The highest BCUT2D eigenvalue weighted by Crippen LogP contribution is 2.27. The molecule has 1 N–H and O–H groups in total. The molecule has 1 aliphatic carbocycles. The second kappa shape index (κ2) is 9.02. The van der Waals surface area contributed by atoms with E-state index in [0.717, 1.165) is 30.8 Å². The summed E-state index contributed by atoms with van der Waals surface area (Å²) in [7, 11) is 3.19. The van der Waals surface area contributed by atoms with Gasteiger partial charge in [0.05, 0.1) is 13.2 Å². The fourth-order valence-corrected chi connectivity index (χ4v) is 4.30. The molecule has 1 aromatic heterocycles. The number of hydrogen-bond acceptors (Lipinski definition) is 6. The van der Waals surface area contributed by atoms with E-state index >= 15 is 0 Å². The number of nitrogens with one attached hydrogen (secondary N) is 1. The SMILES string of the molecule is COC(=O)c1cc(C)c(C)nc1N1CCC(NC2CCCCC2)C(OC)C1. The average Bonchev–Trinajstić information content (AvgIpc) is 2.70. The Balaban J connectivity index is 1.75. The molecule has 6 heteroatoms. The summed E-state index contributed by atoms with van der Waals surface area (Å²) in [6, 6.07) is 2.85. The number of rotatable bonds is 5. The predicted octanol–water partition coefficient (Wildman–Crippen LogP) is 3.00. The maximum absolute atomic E-state index is 12.3. The Bertz CT molecular complexity index is 658. The zero-order valence-corrected chi connectivity index (χ0v) is 17.1. The molecule has 1 aliphatic heterocycles. The van der Waals surface area contributed by atoms with E-state index in [1.54, 1.807) is 7.11 Å². The van der Waals surface area contributed by atoms with Gasteiger partial charge in [0.15, 0.2) is 0 Å². The predicted molar refractivity (Wildman–Crippen MR) is 106 cm³/mol. The van der Waals surface area contributed by atoms with Gasteiger partial charge < -0.3 is 19.7 Å². The summed E-state index contributed by atoms with van der Waals surface area (Å²) in [6.07, 6.45) is 7.59. The summed E-state index contributed by atoms with van der Waals surface area (Å²) in [6.45, 7) is 5.52.